The highest BCUT2D eigenvalue weighted by Crippen LogP contribution is 2.25. The Balaban J connectivity index is 2.24. The predicted octanol–water partition coefficient (Wildman–Crippen LogP) is 2.38. The number of aromatic nitrogens is 1. The number of pyridine rings is 1. The molecule has 0 aliphatic rings. The lowest BCUT2D eigenvalue weighted by Crippen LogP contribution is -2.07. The summed E-state index contributed by atoms with van der Waals surface area (Å²) in [5.41, 5.74) is 2.00. The Morgan fingerprint density at radius 3 is 2.95 bits per heavy atom. The third-order valence-electron chi connectivity index (χ3n) is 2.77. The molecule has 0 saturated heterocycles. The molecule has 1 aromatic carbocycles. The Morgan fingerprint density at radius 2 is 2.21 bits per heavy atom. The fourth-order valence-electron chi connectivity index (χ4n) is 1.87. The van der Waals surface area contributed by atoms with Crippen molar-refractivity contribution in [3.63, 3.8) is 0 Å². The lowest BCUT2D eigenvalue weighted by Gasteiger charge is -2.10. The van der Waals surface area contributed by atoms with Crippen LogP contribution in [0.5, 0.6) is 0 Å². The SMILES string of the molecule is N#Cc1cnc2ccccc2c1NCCCC(=O)O. The molecule has 2 rings (SSSR count). The van der Waals surface area contributed by atoms with Crippen molar-refractivity contribution >= 4 is 22.6 Å². The van der Waals surface area contributed by atoms with Gasteiger partial charge in [-0.25, -0.2) is 0 Å². The smallest absolute Gasteiger partial charge is 0.303 e. The summed E-state index contributed by atoms with van der Waals surface area (Å²) in [6.45, 7) is 0.509. The van der Waals surface area contributed by atoms with E-state index >= 15 is 0 Å². The van der Waals surface area contributed by atoms with Gasteiger partial charge in [-0.15, -0.1) is 0 Å². The van der Waals surface area contributed by atoms with Gasteiger partial charge in [0.25, 0.3) is 0 Å². The topological polar surface area (TPSA) is 86.0 Å². The molecule has 0 aliphatic carbocycles. The number of carboxylic acids is 1. The molecule has 5 heteroatoms. The molecule has 0 spiro atoms. The summed E-state index contributed by atoms with van der Waals surface area (Å²) < 4.78 is 0. The molecule has 0 unspecified atom stereocenters. The molecule has 1 heterocycles. The average Bonchev–Trinajstić information content (AvgIpc) is 2.43. The molecule has 0 fully saturated rings. The number of anilines is 1. The van der Waals surface area contributed by atoms with E-state index in [1.807, 2.05) is 24.3 Å². The molecule has 2 aromatic rings. The van der Waals surface area contributed by atoms with E-state index in [1.165, 1.54) is 6.20 Å². The van der Waals surface area contributed by atoms with E-state index in [1.54, 1.807) is 0 Å². The average molecular weight is 255 g/mol. The Hall–Kier alpha value is -2.61. The summed E-state index contributed by atoms with van der Waals surface area (Å²) in [7, 11) is 0. The summed E-state index contributed by atoms with van der Waals surface area (Å²) in [6.07, 6.45) is 2.15. The first-order chi connectivity index (χ1) is 9.22. The van der Waals surface area contributed by atoms with E-state index in [9.17, 15) is 4.79 Å². The number of fused-ring (bicyclic) bond motifs is 1. The number of para-hydroxylation sites is 1. The van der Waals surface area contributed by atoms with Crippen molar-refractivity contribution < 1.29 is 9.90 Å². The largest absolute Gasteiger partial charge is 0.481 e. The van der Waals surface area contributed by atoms with Gasteiger partial charge in [-0.05, 0) is 12.5 Å². The van der Waals surface area contributed by atoms with E-state index < -0.39 is 5.97 Å². The van der Waals surface area contributed by atoms with Crippen LogP contribution in [0.15, 0.2) is 30.5 Å². The molecule has 0 atom stereocenters. The zero-order chi connectivity index (χ0) is 13.7. The van der Waals surface area contributed by atoms with Gasteiger partial charge in [0.15, 0.2) is 0 Å². The minimum atomic E-state index is -0.818. The van der Waals surface area contributed by atoms with E-state index in [-0.39, 0.29) is 6.42 Å². The Bertz CT molecular complexity index is 647. The van der Waals surface area contributed by atoms with Gasteiger partial charge >= 0.3 is 5.97 Å². The maximum atomic E-state index is 10.5. The van der Waals surface area contributed by atoms with Gasteiger partial charge < -0.3 is 10.4 Å². The van der Waals surface area contributed by atoms with E-state index in [4.69, 9.17) is 10.4 Å². The van der Waals surface area contributed by atoms with Gasteiger partial charge in [-0.2, -0.15) is 5.26 Å². The second kappa shape index (κ2) is 5.83. The first kappa shape index (κ1) is 12.8. The van der Waals surface area contributed by atoms with Crippen molar-refractivity contribution in [1.82, 2.24) is 4.98 Å². The van der Waals surface area contributed by atoms with Gasteiger partial charge in [0.1, 0.15) is 6.07 Å². The molecule has 0 saturated carbocycles. The van der Waals surface area contributed by atoms with Crippen molar-refractivity contribution in [3.8, 4) is 6.07 Å². The molecule has 2 N–H and O–H groups in total. The second-order valence-corrected chi connectivity index (χ2v) is 4.10. The van der Waals surface area contributed by atoms with Crippen molar-refractivity contribution in [2.75, 3.05) is 11.9 Å². The number of nitrogens with zero attached hydrogens (tertiary/aromatic N) is 2. The highest BCUT2D eigenvalue weighted by atomic mass is 16.4. The molecule has 0 aliphatic heterocycles. The highest BCUT2D eigenvalue weighted by molar-refractivity contribution is 5.93. The Labute approximate surface area is 110 Å². The monoisotopic (exact) mass is 255 g/mol. The number of hydrogen-bond donors (Lipinski definition) is 2. The molecule has 1 aromatic heterocycles. The fourth-order valence-corrected chi connectivity index (χ4v) is 1.87. The lowest BCUT2D eigenvalue weighted by molar-refractivity contribution is -0.137. The Morgan fingerprint density at radius 1 is 1.42 bits per heavy atom. The van der Waals surface area contributed by atoms with E-state index in [0.29, 0.717) is 18.5 Å². The number of rotatable bonds is 5. The van der Waals surface area contributed by atoms with Crippen LogP contribution in [0.1, 0.15) is 18.4 Å². The fraction of sp³-hybridized carbons (Fsp3) is 0.214. The van der Waals surface area contributed by atoms with Crippen molar-refractivity contribution in [2.24, 2.45) is 0 Å². The van der Waals surface area contributed by atoms with Crippen LogP contribution >= 0.6 is 0 Å². The van der Waals surface area contributed by atoms with Gasteiger partial charge in [0.05, 0.1) is 16.8 Å². The first-order valence-electron chi connectivity index (χ1n) is 5.96. The molecule has 5 nitrogen and oxygen atoms in total. The number of aliphatic carboxylic acids is 1. The van der Waals surface area contributed by atoms with Crippen LogP contribution in [-0.4, -0.2) is 22.6 Å². The number of hydrogen-bond acceptors (Lipinski definition) is 4. The van der Waals surface area contributed by atoms with Crippen molar-refractivity contribution in [2.45, 2.75) is 12.8 Å². The quantitative estimate of drug-likeness (QED) is 0.801. The van der Waals surface area contributed by atoms with Gasteiger partial charge in [0, 0.05) is 24.5 Å². The molecular formula is C14H13N3O2. The second-order valence-electron chi connectivity index (χ2n) is 4.10. The first-order valence-corrected chi connectivity index (χ1v) is 5.96. The van der Waals surface area contributed by atoms with Crippen LogP contribution in [0.25, 0.3) is 10.9 Å². The zero-order valence-electron chi connectivity index (χ0n) is 10.3. The summed E-state index contributed by atoms with van der Waals surface area (Å²) in [5, 5.41) is 21.7. The number of carboxylic acid groups (broad SMARTS) is 1. The summed E-state index contributed by atoms with van der Waals surface area (Å²) in [5.74, 6) is -0.818. The van der Waals surface area contributed by atoms with Gasteiger partial charge in [0.2, 0.25) is 0 Å². The maximum Gasteiger partial charge on any atom is 0.303 e. The third-order valence-corrected chi connectivity index (χ3v) is 2.77. The summed E-state index contributed by atoms with van der Waals surface area (Å²) >= 11 is 0. The van der Waals surface area contributed by atoms with Crippen LogP contribution in [-0.2, 0) is 4.79 Å². The zero-order valence-corrected chi connectivity index (χ0v) is 10.3. The van der Waals surface area contributed by atoms with Crippen LogP contribution in [0, 0.1) is 11.3 Å². The number of carbonyl (C=O) groups is 1. The summed E-state index contributed by atoms with van der Waals surface area (Å²) in [6, 6.07) is 9.63. The number of nitrogens with one attached hydrogen (secondary N) is 1. The van der Waals surface area contributed by atoms with Gasteiger partial charge in [-0.1, -0.05) is 18.2 Å². The number of nitriles is 1. The van der Waals surface area contributed by atoms with Crippen LogP contribution in [0.4, 0.5) is 5.69 Å². The molecular weight excluding hydrogens is 242 g/mol. The highest BCUT2D eigenvalue weighted by Gasteiger charge is 2.07. The summed E-state index contributed by atoms with van der Waals surface area (Å²) in [4.78, 5) is 14.7. The standard InChI is InChI=1S/C14H13N3O2/c15-8-10-9-17-12-5-2-1-4-11(12)14(10)16-7-3-6-13(18)19/h1-2,4-5,9H,3,6-7H2,(H,16,17)(H,18,19). The minimum Gasteiger partial charge on any atom is -0.481 e. The predicted molar refractivity (Wildman–Crippen MR) is 71.8 cm³/mol. The van der Waals surface area contributed by atoms with Gasteiger partial charge in [-0.3, -0.25) is 9.78 Å². The van der Waals surface area contributed by atoms with E-state index in [2.05, 4.69) is 16.4 Å². The molecule has 0 bridgehead atoms. The van der Waals surface area contributed by atoms with Crippen molar-refractivity contribution in [1.29, 1.82) is 5.26 Å². The molecule has 96 valence electrons. The molecule has 19 heavy (non-hydrogen) atoms. The van der Waals surface area contributed by atoms with Crippen LogP contribution in [0.3, 0.4) is 0 Å². The van der Waals surface area contributed by atoms with Crippen molar-refractivity contribution in [3.05, 3.63) is 36.0 Å². The van der Waals surface area contributed by atoms with E-state index in [0.717, 1.165) is 16.6 Å². The normalized spacial score (nSPS) is 10.1. The maximum absolute atomic E-state index is 10.5. The number of benzene rings is 1. The third kappa shape index (κ3) is 2.99. The lowest BCUT2D eigenvalue weighted by atomic mass is 10.1. The van der Waals surface area contributed by atoms with Crippen LogP contribution in [0.2, 0.25) is 0 Å². The minimum absolute atomic E-state index is 0.109. The van der Waals surface area contributed by atoms with Crippen LogP contribution < -0.4 is 5.32 Å². The molecule has 0 radical (unpaired) electrons. The molecule has 0 amide bonds. The Kier molecular flexibility index (Phi) is 3.94.